The van der Waals surface area contributed by atoms with E-state index in [0.29, 0.717) is 0 Å². The van der Waals surface area contributed by atoms with Crippen molar-refractivity contribution in [3.63, 3.8) is 0 Å². The van der Waals surface area contributed by atoms with Gasteiger partial charge in [-0.05, 0) is 25.3 Å². The number of likely N-dealkylation sites (tertiary alicyclic amines) is 1. The summed E-state index contributed by atoms with van der Waals surface area (Å²) in [5.74, 6) is 0. The number of hydrogen-bond donors (Lipinski definition) is 1. The first-order valence-electron chi connectivity index (χ1n) is 5.31. The van der Waals surface area contributed by atoms with E-state index in [9.17, 15) is 0 Å². The molecule has 14 heavy (non-hydrogen) atoms. The fraction of sp³-hybridized carbons (Fsp3) is 0.500. The van der Waals surface area contributed by atoms with Gasteiger partial charge in [-0.15, -0.1) is 0 Å². The molecule has 0 bridgehead atoms. The second-order valence-electron chi connectivity index (χ2n) is 4.21. The van der Waals surface area contributed by atoms with Gasteiger partial charge in [-0.2, -0.15) is 0 Å². The van der Waals surface area contributed by atoms with E-state index in [4.69, 9.17) is 5.73 Å². The zero-order chi connectivity index (χ0) is 10.0. The van der Waals surface area contributed by atoms with E-state index < -0.39 is 0 Å². The Bertz CT molecular complexity index is 286. The molecule has 1 saturated heterocycles. The molecule has 1 aliphatic heterocycles. The number of hydrogen-bond acceptors (Lipinski definition) is 2. The second-order valence-corrected chi connectivity index (χ2v) is 4.21. The lowest BCUT2D eigenvalue weighted by Gasteiger charge is -2.35. The fourth-order valence-corrected chi connectivity index (χ4v) is 2.14. The van der Waals surface area contributed by atoms with Crippen LogP contribution in [-0.2, 0) is 5.66 Å². The van der Waals surface area contributed by atoms with Gasteiger partial charge < -0.3 is 5.73 Å². The highest BCUT2D eigenvalue weighted by molar-refractivity contribution is 5.22. The summed E-state index contributed by atoms with van der Waals surface area (Å²) in [7, 11) is 0. The number of nitrogens with two attached hydrogens (primary N) is 1. The standard InChI is InChI=1S/C12H18N2/c1-12(13,14-9-5-6-10-14)11-7-3-2-4-8-11/h2-4,7-8H,5-6,9-10,13H2,1H3/t12-/m1/s1. The first kappa shape index (κ1) is 9.69. The fourth-order valence-electron chi connectivity index (χ4n) is 2.14. The Morgan fingerprint density at radius 1 is 1.14 bits per heavy atom. The van der Waals surface area contributed by atoms with Crippen molar-refractivity contribution < 1.29 is 0 Å². The van der Waals surface area contributed by atoms with Crippen molar-refractivity contribution in [3.05, 3.63) is 35.9 Å². The van der Waals surface area contributed by atoms with Gasteiger partial charge in [0.05, 0.1) is 5.66 Å². The number of rotatable bonds is 2. The van der Waals surface area contributed by atoms with E-state index in [-0.39, 0.29) is 5.66 Å². The summed E-state index contributed by atoms with van der Waals surface area (Å²) >= 11 is 0. The summed E-state index contributed by atoms with van der Waals surface area (Å²) in [5, 5.41) is 0. The van der Waals surface area contributed by atoms with E-state index in [2.05, 4.69) is 36.1 Å². The minimum absolute atomic E-state index is 0.294. The van der Waals surface area contributed by atoms with Crippen molar-refractivity contribution in [1.29, 1.82) is 0 Å². The van der Waals surface area contributed by atoms with Crippen LogP contribution in [0.4, 0.5) is 0 Å². The molecule has 2 N–H and O–H groups in total. The summed E-state index contributed by atoms with van der Waals surface area (Å²) in [4.78, 5) is 2.36. The quantitative estimate of drug-likeness (QED) is 0.772. The van der Waals surface area contributed by atoms with Crippen molar-refractivity contribution >= 4 is 0 Å². The highest BCUT2D eigenvalue weighted by Gasteiger charge is 2.30. The van der Waals surface area contributed by atoms with Crippen molar-refractivity contribution in [1.82, 2.24) is 4.90 Å². The first-order valence-corrected chi connectivity index (χ1v) is 5.31. The van der Waals surface area contributed by atoms with Gasteiger partial charge in [-0.25, -0.2) is 0 Å². The lowest BCUT2D eigenvalue weighted by Crippen LogP contribution is -2.49. The predicted molar refractivity (Wildman–Crippen MR) is 58.8 cm³/mol. The Labute approximate surface area is 85.7 Å². The zero-order valence-corrected chi connectivity index (χ0v) is 8.74. The van der Waals surface area contributed by atoms with Crippen LogP contribution < -0.4 is 5.73 Å². The minimum atomic E-state index is -0.294. The van der Waals surface area contributed by atoms with Crippen molar-refractivity contribution in [3.8, 4) is 0 Å². The number of benzene rings is 1. The van der Waals surface area contributed by atoms with Gasteiger partial charge in [0.15, 0.2) is 0 Å². The van der Waals surface area contributed by atoms with Gasteiger partial charge in [0.25, 0.3) is 0 Å². The summed E-state index contributed by atoms with van der Waals surface area (Å²) in [6.45, 7) is 4.36. The molecule has 1 aromatic carbocycles. The van der Waals surface area contributed by atoms with Crippen LogP contribution in [0.2, 0.25) is 0 Å². The molecule has 1 aliphatic rings. The lowest BCUT2D eigenvalue weighted by atomic mass is 10.0. The SMILES string of the molecule is C[C@](N)(c1ccccc1)N1CCCC1. The Morgan fingerprint density at radius 3 is 2.29 bits per heavy atom. The molecule has 1 heterocycles. The van der Waals surface area contributed by atoms with Gasteiger partial charge in [-0.3, -0.25) is 4.90 Å². The lowest BCUT2D eigenvalue weighted by molar-refractivity contribution is 0.142. The zero-order valence-electron chi connectivity index (χ0n) is 8.74. The maximum absolute atomic E-state index is 6.37. The van der Waals surface area contributed by atoms with Crippen LogP contribution in [0.15, 0.2) is 30.3 Å². The van der Waals surface area contributed by atoms with Crippen LogP contribution in [0.1, 0.15) is 25.3 Å². The van der Waals surface area contributed by atoms with Gasteiger partial charge >= 0.3 is 0 Å². The van der Waals surface area contributed by atoms with Gasteiger partial charge in [0, 0.05) is 13.1 Å². The smallest absolute Gasteiger partial charge is 0.0920 e. The normalized spacial score (nSPS) is 22.1. The molecule has 0 spiro atoms. The average molecular weight is 190 g/mol. The molecular formula is C12H18N2. The molecule has 0 aliphatic carbocycles. The minimum Gasteiger partial charge on any atom is -0.310 e. The van der Waals surface area contributed by atoms with Crippen LogP contribution in [0.25, 0.3) is 0 Å². The monoisotopic (exact) mass is 190 g/mol. The van der Waals surface area contributed by atoms with Gasteiger partial charge in [-0.1, -0.05) is 30.3 Å². The van der Waals surface area contributed by atoms with E-state index in [1.165, 1.54) is 18.4 Å². The average Bonchev–Trinajstić information content (AvgIpc) is 2.72. The van der Waals surface area contributed by atoms with Crippen LogP contribution >= 0.6 is 0 Å². The maximum Gasteiger partial charge on any atom is 0.0920 e. The topological polar surface area (TPSA) is 29.3 Å². The van der Waals surface area contributed by atoms with E-state index in [1.54, 1.807) is 0 Å². The summed E-state index contributed by atoms with van der Waals surface area (Å²) in [6.07, 6.45) is 2.55. The Hall–Kier alpha value is -0.860. The van der Waals surface area contributed by atoms with Crippen LogP contribution in [0.3, 0.4) is 0 Å². The third-order valence-corrected chi connectivity index (χ3v) is 3.12. The molecule has 2 nitrogen and oxygen atoms in total. The van der Waals surface area contributed by atoms with Crippen molar-refractivity contribution in [2.24, 2.45) is 5.73 Å². The molecule has 0 saturated carbocycles. The predicted octanol–water partition coefficient (Wildman–Crippen LogP) is 1.91. The second kappa shape index (κ2) is 3.71. The van der Waals surface area contributed by atoms with Crippen molar-refractivity contribution in [2.45, 2.75) is 25.4 Å². The molecular weight excluding hydrogens is 172 g/mol. The molecule has 2 heteroatoms. The first-order chi connectivity index (χ1) is 6.71. The van der Waals surface area contributed by atoms with Crippen molar-refractivity contribution in [2.75, 3.05) is 13.1 Å². The molecule has 1 fully saturated rings. The molecule has 0 aromatic heterocycles. The molecule has 1 atom stereocenters. The maximum atomic E-state index is 6.37. The van der Waals surface area contributed by atoms with E-state index in [0.717, 1.165) is 13.1 Å². The largest absolute Gasteiger partial charge is 0.310 e. The Kier molecular flexibility index (Phi) is 2.57. The number of nitrogens with zero attached hydrogens (tertiary/aromatic N) is 1. The molecule has 1 aromatic rings. The molecule has 2 rings (SSSR count). The summed E-state index contributed by atoms with van der Waals surface area (Å²) < 4.78 is 0. The van der Waals surface area contributed by atoms with E-state index >= 15 is 0 Å². The molecule has 0 unspecified atom stereocenters. The third kappa shape index (κ3) is 1.68. The van der Waals surface area contributed by atoms with Gasteiger partial charge in [0.2, 0.25) is 0 Å². The van der Waals surface area contributed by atoms with Crippen LogP contribution in [0, 0.1) is 0 Å². The Balaban J connectivity index is 2.22. The van der Waals surface area contributed by atoms with Crippen LogP contribution in [0.5, 0.6) is 0 Å². The molecule has 0 radical (unpaired) electrons. The summed E-state index contributed by atoms with van der Waals surface area (Å²) in [5.41, 5.74) is 7.29. The highest BCUT2D eigenvalue weighted by Crippen LogP contribution is 2.25. The summed E-state index contributed by atoms with van der Waals surface area (Å²) in [6, 6.07) is 10.4. The van der Waals surface area contributed by atoms with Gasteiger partial charge in [0.1, 0.15) is 0 Å². The third-order valence-electron chi connectivity index (χ3n) is 3.12. The van der Waals surface area contributed by atoms with E-state index in [1.807, 2.05) is 6.07 Å². The molecule has 76 valence electrons. The highest BCUT2D eigenvalue weighted by atomic mass is 15.3. The van der Waals surface area contributed by atoms with Crippen LogP contribution in [-0.4, -0.2) is 18.0 Å². The Morgan fingerprint density at radius 2 is 1.71 bits per heavy atom. The molecule has 0 amide bonds.